The molecule has 0 radical (unpaired) electrons. The molecule has 110 valence electrons. The molecule has 0 spiro atoms. The van der Waals surface area contributed by atoms with E-state index < -0.39 is 0 Å². The number of benzene rings is 1. The second kappa shape index (κ2) is 5.18. The Bertz CT molecular complexity index is 818. The quantitative estimate of drug-likeness (QED) is 0.714. The van der Waals surface area contributed by atoms with Crippen molar-refractivity contribution in [2.24, 2.45) is 0 Å². The number of carbonyl (C=O) groups excluding carboxylic acids is 1. The van der Waals surface area contributed by atoms with E-state index in [0.29, 0.717) is 24.6 Å². The molecule has 3 aromatic rings. The molecule has 0 saturated carbocycles. The number of likely N-dealkylation sites (tertiary alicyclic amines) is 1. The first kappa shape index (κ1) is 12.9. The average Bonchev–Trinajstić information content (AvgIpc) is 3.24. The first-order valence-corrected chi connectivity index (χ1v) is 7.08. The minimum absolute atomic E-state index is 0.107. The predicted molar refractivity (Wildman–Crippen MR) is 77.1 cm³/mol. The highest BCUT2D eigenvalue weighted by Crippen LogP contribution is 2.25. The maximum atomic E-state index is 12.6. The van der Waals surface area contributed by atoms with E-state index in [4.69, 9.17) is 4.52 Å². The van der Waals surface area contributed by atoms with Crippen LogP contribution in [-0.4, -0.2) is 44.0 Å². The molecule has 2 aromatic heterocycles. The molecule has 1 aliphatic rings. The highest BCUT2D eigenvalue weighted by Gasteiger charge is 2.31. The third kappa shape index (κ3) is 2.20. The lowest BCUT2D eigenvalue weighted by molar-refractivity contribution is 0.0784. The Kier molecular flexibility index (Phi) is 3.03. The van der Waals surface area contributed by atoms with Crippen LogP contribution in [0.5, 0.6) is 0 Å². The Morgan fingerprint density at radius 3 is 2.91 bits per heavy atom. The van der Waals surface area contributed by atoms with Crippen LogP contribution in [0.1, 0.15) is 28.7 Å². The van der Waals surface area contributed by atoms with Crippen LogP contribution in [0, 0.1) is 0 Å². The standard InChI is InChI=1S/C15H13N5O2/c21-15(13-7-16-11-3-1-2-4-12(11)18-13)20-6-5-10(8-20)14-17-9-22-19-14/h1-4,7,9-10H,5-6,8H2/t10-/m1/s1. The molecule has 0 unspecified atom stereocenters. The van der Waals surface area contributed by atoms with E-state index in [1.807, 2.05) is 24.3 Å². The summed E-state index contributed by atoms with van der Waals surface area (Å²) in [6, 6.07) is 7.51. The predicted octanol–water partition coefficient (Wildman–Crippen LogP) is 1.64. The Morgan fingerprint density at radius 2 is 2.09 bits per heavy atom. The highest BCUT2D eigenvalue weighted by molar-refractivity contribution is 5.94. The largest absolute Gasteiger partial charge is 0.343 e. The minimum Gasteiger partial charge on any atom is -0.343 e. The number of para-hydroxylation sites is 2. The van der Waals surface area contributed by atoms with E-state index in [1.54, 1.807) is 4.90 Å². The van der Waals surface area contributed by atoms with Crippen LogP contribution in [0.4, 0.5) is 0 Å². The van der Waals surface area contributed by atoms with Gasteiger partial charge in [0, 0.05) is 19.0 Å². The normalized spacial score (nSPS) is 18.0. The molecule has 1 fully saturated rings. The number of rotatable bonds is 2. The van der Waals surface area contributed by atoms with E-state index in [0.717, 1.165) is 17.5 Å². The molecule has 1 aliphatic heterocycles. The number of aromatic nitrogens is 4. The van der Waals surface area contributed by atoms with E-state index in [1.165, 1.54) is 12.6 Å². The van der Waals surface area contributed by atoms with Gasteiger partial charge in [-0.05, 0) is 18.6 Å². The summed E-state index contributed by atoms with van der Waals surface area (Å²) in [5.74, 6) is 0.667. The maximum absolute atomic E-state index is 12.6. The summed E-state index contributed by atoms with van der Waals surface area (Å²) in [5.41, 5.74) is 1.87. The molecule has 1 amide bonds. The van der Waals surface area contributed by atoms with Crippen LogP contribution in [-0.2, 0) is 0 Å². The van der Waals surface area contributed by atoms with Crippen molar-refractivity contribution < 1.29 is 9.32 Å². The van der Waals surface area contributed by atoms with E-state index in [-0.39, 0.29) is 11.8 Å². The first-order valence-electron chi connectivity index (χ1n) is 7.08. The van der Waals surface area contributed by atoms with Gasteiger partial charge in [0.1, 0.15) is 5.69 Å². The third-order valence-corrected chi connectivity index (χ3v) is 3.89. The Labute approximate surface area is 126 Å². The average molecular weight is 295 g/mol. The van der Waals surface area contributed by atoms with Gasteiger partial charge in [-0.2, -0.15) is 4.98 Å². The SMILES string of the molecule is O=C(c1cnc2ccccc2n1)N1CC[C@@H](c2ncon2)C1. The van der Waals surface area contributed by atoms with Crippen LogP contribution in [0.15, 0.2) is 41.4 Å². The smallest absolute Gasteiger partial charge is 0.274 e. The number of carbonyl (C=O) groups is 1. The summed E-state index contributed by atoms with van der Waals surface area (Å²) >= 11 is 0. The maximum Gasteiger partial charge on any atom is 0.274 e. The summed E-state index contributed by atoms with van der Waals surface area (Å²) in [6.45, 7) is 1.24. The topological polar surface area (TPSA) is 85.0 Å². The molecule has 0 aliphatic carbocycles. The molecule has 0 N–H and O–H groups in total. The zero-order valence-corrected chi connectivity index (χ0v) is 11.7. The Hall–Kier alpha value is -2.83. The fraction of sp³-hybridized carbons (Fsp3) is 0.267. The minimum atomic E-state index is -0.107. The molecule has 1 aromatic carbocycles. The molecule has 3 heterocycles. The fourth-order valence-electron chi connectivity index (χ4n) is 2.74. The summed E-state index contributed by atoms with van der Waals surface area (Å²) < 4.78 is 4.77. The zero-order chi connectivity index (χ0) is 14.9. The van der Waals surface area contributed by atoms with Gasteiger partial charge < -0.3 is 9.42 Å². The molecular weight excluding hydrogens is 282 g/mol. The van der Waals surface area contributed by atoms with Gasteiger partial charge in [-0.15, -0.1) is 0 Å². The van der Waals surface area contributed by atoms with Crippen LogP contribution in [0.3, 0.4) is 0 Å². The lowest BCUT2D eigenvalue weighted by Crippen LogP contribution is -2.29. The van der Waals surface area contributed by atoms with Crippen molar-refractivity contribution in [3.05, 3.63) is 48.4 Å². The Morgan fingerprint density at radius 1 is 1.23 bits per heavy atom. The van der Waals surface area contributed by atoms with Gasteiger partial charge in [-0.1, -0.05) is 17.3 Å². The van der Waals surface area contributed by atoms with Crippen molar-refractivity contribution in [1.29, 1.82) is 0 Å². The molecule has 0 bridgehead atoms. The second-order valence-corrected chi connectivity index (χ2v) is 5.27. The van der Waals surface area contributed by atoms with Gasteiger partial charge in [-0.25, -0.2) is 4.98 Å². The van der Waals surface area contributed by atoms with Crippen LogP contribution >= 0.6 is 0 Å². The van der Waals surface area contributed by atoms with Crippen molar-refractivity contribution in [2.75, 3.05) is 13.1 Å². The lowest BCUT2D eigenvalue weighted by atomic mass is 10.1. The summed E-state index contributed by atoms with van der Waals surface area (Å²) in [4.78, 5) is 27.1. The summed E-state index contributed by atoms with van der Waals surface area (Å²) in [7, 11) is 0. The van der Waals surface area contributed by atoms with E-state index >= 15 is 0 Å². The van der Waals surface area contributed by atoms with Gasteiger partial charge in [0.25, 0.3) is 5.91 Å². The molecule has 1 saturated heterocycles. The van der Waals surface area contributed by atoms with Gasteiger partial charge in [0.05, 0.1) is 17.2 Å². The van der Waals surface area contributed by atoms with Gasteiger partial charge in [0.2, 0.25) is 6.39 Å². The first-order chi connectivity index (χ1) is 10.8. The van der Waals surface area contributed by atoms with Gasteiger partial charge in [-0.3, -0.25) is 9.78 Å². The van der Waals surface area contributed by atoms with Crippen molar-refractivity contribution in [1.82, 2.24) is 25.0 Å². The number of amides is 1. The van der Waals surface area contributed by atoms with Crippen LogP contribution in [0.25, 0.3) is 11.0 Å². The number of hydrogen-bond acceptors (Lipinski definition) is 6. The monoisotopic (exact) mass is 295 g/mol. The Balaban J connectivity index is 1.56. The molecular formula is C15H13N5O2. The summed E-state index contributed by atoms with van der Waals surface area (Å²) in [6.07, 6.45) is 3.67. The van der Waals surface area contributed by atoms with Crippen LogP contribution in [0.2, 0.25) is 0 Å². The molecule has 4 rings (SSSR count). The molecule has 7 heteroatoms. The lowest BCUT2D eigenvalue weighted by Gasteiger charge is -2.15. The van der Waals surface area contributed by atoms with Crippen LogP contribution < -0.4 is 0 Å². The van der Waals surface area contributed by atoms with E-state index in [9.17, 15) is 4.79 Å². The van der Waals surface area contributed by atoms with Crippen molar-refractivity contribution >= 4 is 16.9 Å². The van der Waals surface area contributed by atoms with Crippen molar-refractivity contribution in [3.63, 3.8) is 0 Å². The third-order valence-electron chi connectivity index (χ3n) is 3.89. The number of hydrogen-bond donors (Lipinski definition) is 0. The summed E-state index contributed by atoms with van der Waals surface area (Å²) in [5, 5.41) is 3.85. The molecule has 1 atom stereocenters. The highest BCUT2D eigenvalue weighted by atomic mass is 16.5. The number of fused-ring (bicyclic) bond motifs is 1. The molecule has 22 heavy (non-hydrogen) atoms. The molecule has 7 nitrogen and oxygen atoms in total. The number of nitrogens with zero attached hydrogens (tertiary/aromatic N) is 5. The van der Waals surface area contributed by atoms with Crippen molar-refractivity contribution in [2.45, 2.75) is 12.3 Å². The second-order valence-electron chi connectivity index (χ2n) is 5.27. The van der Waals surface area contributed by atoms with Gasteiger partial charge in [0.15, 0.2) is 5.82 Å². The van der Waals surface area contributed by atoms with E-state index in [2.05, 4.69) is 20.1 Å². The van der Waals surface area contributed by atoms with Crippen molar-refractivity contribution in [3.8, 4) is 0 Å². The zero-order valence-electron chi connectivity index (χ0n) is 11.7. The fourth-order valence-corrected chi connectivity index (χ4v) is 2.74. The van der Waals surface area contributed by atoms with Gasteiger partial charge >= 0.3 is 0 Å².